The van der Waals surface area contributed by atoms with Crippen LogP contribution in [-0.4, -0.2) is 0 Å². The van der Waals surface area contributed by atoms with Gasteiger partial charge in [0.15, 0.2) is 0 Å². The van der Waals surface area contributed by atoms with Gasteiger partial charge < -0.3 is 5.73 Å². The normalized spacial score (nSPS) is 22.2. The Kier molecular flexibility index (Phi) is 2.70. The van der Waals surface area contributed by atoms with Crippen molar-refractivity contribution >= 4 is 15.9 Å². The fourth-order valence-electron chi connectivity index (χ4n) is 1.99. The molecule has 1 aromatic rings. The van der Waals surface area contributed by atoms with Gasteiger partial charge in [0.05, 0.1) is 0 Å². The monoisotopic (exact) mass is 239 g/mol. The van der Waals surface area contributed by atoms with Crippen LogP contribution in [0.1, 0.15) is 36.4 Å². The van der Waals surface area contributed by atoms with Gasteiger partial charge in [-0.05, 0) is 42.5 Å². The molecule has 70 valence electrons. The van der Waals surface area contributed by atoms with E-state index in [1.54, 1.807) is 0 Å². The summed E-state index contributed by atoms with van der Waals surface area (Å²) in [5.41, 5.74) is 8.86. The summed E-state index contributed by atoms with van der Waals surface area (Å²) in [5.74, 6) is 0. The number of hydrogen-bond donors (Lipinski definition) is 1. The number of benzene rings is 1. The Morgan fingerprint density at radius 1 is 1.31 bits per heavy atom. The van der Waals surface area contributed by atoms with Crippen molar-refractivity contribution < 1.29 is 0 Å². The molecule has 2 heteroatoms. The van der Waals surface area contributed by atoms with Crippen LogP contribution in [0.4, 0.5) is 0 Å². The first-order chi connectivity index (χ1) is 6.27. The van der Waals surface area contributed by atoms with Crippen molar-refractivity contribution in [2.75, 3.05) is 0 Å². The van der Waals surface area contributed by atoms with Crippen LogP contribution in [-0.2, 0) is 6.42 Å². The Balaban J connectivity index is 2.42. The molecule has 0 fully saturated rings. The number of fused-ring (bicyclic) bond motifs is 1. The maximum Gasteiger partial charge on any atom is 0.0297 e. The third-order valence-corrected chi connectivity index (χ3v) is 3.21. The van der Waals surface area contributed by atoms with Gasteiger partial charge in [0.25, 0.3) is 0 Å². The van der Waals surface area contributed by atoms with Crippen molar-refractivity contribution in [3.8, 4) is 0 Å². The number of rotatable bonds is 0. The lowest BCUT2D eigenvalue weighted by atomic mass is 10.0. The molecule has 2 rings (SSSR count). The molecule has 2 N–H and O–H groups in total. The van der Waals surface area contributed by atoms with Crippen LogP contribution in [0.2, 0.25) is 0 Å². The lowest BCUT2D eigenvalue weighted by Crippen LogP contribution is -2.10. The van der Waals surface area contributed by atoms with Crippen LogP contribution in [0.15, 0.2) is 22.7 Å². The average Bonchev–Trinajstić information content (AvgIpc) is 2.28. The largest absolute Gasteiger partial charge is 0.324 e. The van der Waals surface area contributed by atoms with Crippen LogP contribution in [0.3, 0.4) is 0 Å². The SMILES string of the molecule is NC1CCCCc2cc(Br)ccc21. The molecule has 13 heavy (non-hydrogen) atoms. The van der Waals surface area contributed by atoms with Crippen molar-refractivity contribution in [1.29, 1.82) is 0 Å². The molecule has 0 saturated heterocycles. The van der Waals surface area contributed by atoms with E-state index in [0.717, 1.165) is 6.42 Å². The first-order valence-corrected chi connectivity index (χ1v) is 5.60. The lowest BCUT2D eigenvalue weighted by molar-refractivity contribution is 0.615. The average molecular weight is 240 g/mol. The number of aryl methyl sites for hydroxylation is 1. The highest BCUT2D eigenvalue weighted by Gasteiger charge is 2.14. The van der Waals surface area contributed by atoms with Crippen molar-refractivity contribution in [1.82, 2.24) is 0 Å². The highest BCUT2D eigenvalue weighted by molar-refractivity contribution is 9.10. The molecule has 0 amide bonds. The predicted octanol–water partition coefficient (Wildman–Crippen LogP) is 3.18. The third-order valence-electron chi connectivity index (χ3n) is 2.72. The topological polar surface area (TPSA) is 26.0 Å². The van der Waals surface area contributed by atoms with Gasteiger partial charge in [-0.25, -0.2) is 0 Å². The van der Waals surface area contributed by atoms with E-state index in [-0.39, 0.29) is 6.04 Å². The summed E-state index contributed by atoms with van der Waals surface area (Å²) in [4.78, 5) is 0. The van der Waals surface area contributed by atoms with Gasteiger partial charge in [-0.15, -0.1) is 0 Å². The number of nitrogens with two attached hydrogens (primary N) is 1. The molecule has 1 aliphatic carbocycles. The standard InChI is InChI=1S/C11H14BrN/c12-9-5-6-10-8(7-9)3-1-2-4-11(10)13/h5-7,11H,1-4,13H2. The van der Waals surface area contributed by atoms with Crippen LogP contribution < -0.4 is 5.73 Å². The van der Waals surface area contributed by atoms with Crippen LogP contribution >= 0.6 is 15.9 Å². The highest BCUT2D eigenvalue weighted by atomic mass is 79.9. The molecule has 0 spiro atoms. The molecule has 0 saturated carbocycles. The molecule has 1 aliphatic rings. The third kappa shape index (κ3) is 1.94. The Labute approximate surface area is 87.5 Å². The summed E-state index contributed by atoms with van der Waals surface area (Å²) in [7, 11) is 0. The molecular formula is C11H14BrN. The summed E-state index contributed by atoms with van der Waals surface area (Å²) < 4.78 is 1.17. The van der Waals surface area contributed by atoms with Gasteiger partial charge in [0, 0.05) is 10.5 Å². The molecule has 0 heterocycles. The van der Waals surface area contributed by atoms with Gasteiger partial charge in [-0.2, -0.15) is 0 Å². The zero-order chi connectivity index (χ0) is 9.26. The van der Waals surface area contributed by atoms with Crippen molar-refractivity contribution in [3.63, 3.8) is 0 Å². The second-order valence-electron chi connectivity index (χ2n) is 3.70. The van der Waals surface area contributed by atoms with Gasteiger partial charge >= 0.3 is 0 Å². The summed E-state index contributed by atoms with van der Waals surface area (Å²) >= 11 is 3.50. The van der Waals surface area contributed by atoms with E-state index in [4.69, 9.17) is 5.73 Å². The molecule has 1 unspecified atom stereocenters. The summed E-state index contributed by atoms with van der Waals surface area (Å²) in [6, 6.07) is 6.71. The minimum atomic E-state index is 0.255. The number of halogens is 1. The molecule has 1 nitrogen and oxygen atoms in total. The Hall–Kier alpha value is -0.340. The van der Waals surface area contributed by atoms with Gasteiger partial charge in [0.2, 0.25) is 0 Å². The molecule has 0 aromatic heterocycles. The Morgan fingerprint density at radius 3 is 3.00 bits per heavy atom. The molecule has 1 atom stereocenters. The molecule has 0 radical (unpaired) electrons. The molecule has 1 aromatic carbocycles. The number of hydrogen-bond acceptors (Lipinski definition) is 1. The zero-order valence-corrected chi connectivity index (χ0v) is 9.18. The molecule has 0 aliphatic heterocycles. The van der Waals surface area contributed by atoms with E-state index in [0.29, 0.717) is 0 Å². The lowest BCUT2D eigenvalue weighted by Gasteiger charge is -2.12. The van der Waals surface area contributed by atoms with E-state index < -0.39 is 0 Å². The van der Waals surface area contributed by atoms with Crippen molar-refractivity contribution in [3.05, 3.63) is 33.8 Å². The van der Waals surface area contributed by atoms with Gasteiger partial charge in [0.1, 0.15) is 0 Å². The first kappa shape index (κ1) is 9.22. The molecule has 0 bridgehead atoms. The minimum absolute atomic E-state index is 0.255. The summed E-state index contributed by atoms with van der Waals surface area (Å²) in [6.45, 7) is 0. The van der Waals surface area contributed by atoms with E-state index >= 15 is 0 Å². The second kappa shape index (κ2) is 3.81. The van der Waals surface area contributed by atoms with Crippen LogP contribution in [0.5, 0.6) is 0 Å². The van der Waals surface area contributed by atoms with Crippen LogP contribution in [0.25, 0.3) is 0 Å². The maximum atomic E-state index is 6.08. The molecular weight excluding hydrogens is 226 g/mol. The Morgan fingerprint density at radius 2 is 2.15 bits per heavy atom. The highest BCUT2D eigenvalue weighted by Crippen LogP contribution is 2.28. The van der Waals surface area contributed by atoms with E-state index in [1.165, 1.54) is 34.9 Å². The van der Waals surface area contributed by atoms with Crippen molar-refractivity contribution in [2.45, 2.75) is 31.7 Å². The van der Waals surface area contributed by atoms with Crippen LogP contribution in [0, 0.1) is 0 Å². The summed E-state index contributed by atoms with van der Waals surface area (Å²) in [5, 5.41) is 0. The smallest absolute Gasteiger partial charge is 0.0297 e. The van der Waals surface area contributed by atoms with E-state index in [2.05, 4.69) is 34.1 Å². The summed E-state index contributed by atoms with van der Waals surface area (Å²) in [6.07, 6.45) is 4.85. The quantitative estimate of drug-likeness (QED) is 0.692. The van der Waals surface area contributed by atoms with E-state index in [1.807, 2.05) is 0 Å². The Bertz CT molecular complexity index is 309. The fourth-order valence-corrected chi connectivity index (χ4v) is 2.40. The van der Waals surface area contributed by atoms with Gasteiger partial charge in [-0.1, -0.05) is 28.4 Å². The predicted molar refractivity (Wildman–Crippen MR) is 58.6 cm³/mol. The fraction of sp³-hybridized carbons (Fsp3) is 0.455. The first-order valence-electron chi connectivity index (χ1n) is 4.81. The van der Waals surface area contributed by atoms with E-state index in [9.17, 15) is 0 Å². The second-order valence-corrected chi connectivity index (χ2v) is 4.61. The maximum absolute atomic E-state index is 6.08. The van der Waals surface area contributed by atoms with Gasteiger partial charge in [-0.3, -0.25) is 0 Å². The zero-order valence-electron chi connectivity index (χ0n) is 7.59. The minimum Gasteiger partial charge on any atom is -0.324 e. The van der Waals surface area contributed by atoms with Crippen molar-refractivity contribution in [2.24, 2.45) is 5.73 Å².